The molecular formula is C12H13BrO4. The molecule has 0 saturated heterocycles. The molecule has 0 amide bonds. The van der Waals surface area contributed by atoms with E-state index in [0.717, 1.165) is 5.56 Å². The van der Waals surface area contributed by atoms with Crippen LogP contribution in [0.4, 0.5) is 0 Å². The van der Waals surface area contributed by atoms with Gasteiger partial charge >= 0.3 is 5.97 Å². The summed E-state index contributed by atoms with van der Waals surface area (Å²) in [5, 5.41) is 9.74. The number of ether oxygens (including phenoxy) is 2. The maximum atomic E-state index is 11.6. The maximum Gasteiger partial charge on any atom is 0.338 e. The van der Waals surface area contributed by atoms with E-state index >= 15 is 0 Å². The van der Waals surface area contributed by atoms with Crippen molar-refractivity contribution in [3.63, 3.8) is 0 Å². The number of esters is 1. The van der Waals surface area contributed by atoms with Gasteiger partial charge < -0.3 is 14.6 Å². The summed E-state index contributed by atoms with van der Waals surface area (Å²) in [6, 6.07) is 1.40. The van der Waals surface area contributed by atoms with Gasteiger partial charge in [0.1, 0.15) is 21.6 Å². The smallest absolute Gasteiger partial charge is 0.338 e. The molecule has 1 aromatic carbocycles. The van der Waals surface area contributed by atoms with E-state index < -0.39 is 5.97 Å². The number of rotatable bonds is 1. The molecule has 4 nitrogen and oxygen atoms in total. The molecule has 1 aliphatic rings. The van der Waals surface area contributed by atoms with Crippen LogP contribution in [0.1, 0.15) is 29.8 Å². The van der Waals surface area contributed by atoms with Crippen LogP contribution in [-0.2, 0) is 11.2 Å². The fourth-order valence-corrected chi connectivity index (χ4v) is 2.41. The van der Waals surface area contributed by atoms with Crippen LogP contribution in [0.25, 0.3) is 0 Å². The summed E-state index contributed by atoms with van der Waals surface area (Å²) >= 11 is 3.26. The van der Waals surface area contributed by atoms with E-state index in [0.29, 0.717) is 22.2 Å². The highest BCUT2D eigenvalue weighted by Gasteiger charge is 2.36. The van der Waals surface area contributed by atoms with Crippen molar-refractivity contribution in [1.82, 2.24) is 0 Å². The summed E-state index contributed by atoms with van der Waals surface area (Å²) in [5.41, 5.74) is 0.738. The molecule has 0 unspecified atom stereocenters. The molecule has 0 bridgehead atoms. The lowest BCUT2D eigenvalue weighted by Crippen LogP contribution is -2.25. The first-order valence-corrected chi connectivity index (χ1v) is 5.96. The van der Waals surface area contributed by atoms with E-state index in [-0.39, 0.29) is 11.4 Å². The topological polar surface area (TPSA) is 55.8 Å². The van der Waals surface area contributed by atoms with Crippen molar-refractivity contribution in [1.29, 1.82) is 0 Å². The Hall–Kier alpha value is -1.23. The fourth-order valence-electron chi connectivity index (χ4n) is 1.97. The number of benzene rings is 1. The molecule has 0 spiro atoms. The van der Waals surface area contributed by atoms with Gasteiger partial charge in [0.15, 0.2) is 0 Å². The number of aromatic hydroxyl groups is 1. The molecule has 0 aliphatic carbocycles. The number of phenols is 1. The first-order chi connectivity index (χ1) is 7.85. The van der Waals surface area contributed by atoms with Crippen molar-refractivity contribution < 1.29 is 19.4 Å². The van der Waals surface area contributed by atoms with Crippen LogP contribution < -0.4 is 4.74 Å². The lowest BCUT2D eigenvalue weighted by atomic mass is 9.97. The lowest BCUT2D eigenvalue weighted by molar-refractivity contribution is 0.0599. The average molecular weight is 301 g/mol. The third-order valence-electron chi connectivity index (χ3n) is 2.69. The molecule has 0 saturated carbocycles. The van der Waals surface area contributed by atoms with Crippen LogP contribution in [0.15, 0.2) is 10.5 Å². The van der Waals surface area contributed by atoms with E-state index in [9.17, 15) is 9.90 Å². The normalized spacial score (nSPS) is 16.2. The molecule has 0 fully saturated rings. The first kappa shape index (κ1) is 12.2. The van der Waals surface area contributed by atoms with Crippen molar-refractivity contribution >= 4 is 21.9 Å². The van der Waals surface area contributed by atoms with Gasteiger partial charge in [-0.1, -0.05) is 0 Å². The zero-order valence-electron chi connectivity index (χ0n) is 9.83. The molecule has 5 heteroatoms. The highest BCUT2D eigenvalue weighted by atomic mass is 79.9. The van der Waals surface area contributed by atoms with Crippen molar-refractivity contribution in [2.45, 2.75) is 25.9 Å². The van der Waals surface area contributed by atoms with E-state index in [2.05, 4.69) is 15.9 Å². The van der Waals surface area contributed by atoms with Crippen LogP contribution >= 0.6 is 15.9 Å². The second-order valence-corrected chi connectivity index (χ2v) is 5.39. The molecule has 0 atom stereocenters. The number of carbonyl (C=O) groups excluding carboxylic acids is 1. The SMILES string of the molecule is COC(=O)c1cc(O)c(Br)c2c1CC(C)(C)O2. The largest absolute Gasteiger partial charge is 0.507 e. The van der Waals surface area contributed by atoms with Gasteiger partial charge in [-0.05, 0) is 35.8 Å². The van der Waals surface area contributed by atoms with Gasteiger partial charge in [0.25, 0.3) is 0 Å². The Morgan fingerprint density at radius 3 is 2.82 bits per heavy atom. The number of carbonyl (C=O) groups is 1. The Morgan fingerprint density at radius 2 is 2.24 bits per heavy atom. The maximum absolute atomic E-state index is 11.6. The molecule has 17 heavy (non-hydrogen) atoms. The summed E-state index contributed by atoms with van der Waals surface area (Å²) in [5.74, 6) is 0.0302. The molecule has 92 valence electrons. The van der Waals surface area contributed by atoms with E-state index in [4.69, 9.17) is 9.47 Å². The monoisotopic (exact) mass is 300 g/mol. The van der Waals surface area contributed by atoms with Crippen LogP contribution in [0, 0.1) is 0 Å². The van der Waals surface area contributed by atoms with Crippen LogP contribution in [0.2, 0.25) is 0 Å². The fraction of sp³-hybridized carbons (Fsp3) is 0.417. The molecule has 0 radical (unpaired) electrons. The Bertz CT molecular complexity index is 494. The summed E-state index contributed by atoms with van der Waals surface area (Å²) in [4.78, 5) is 11.6. The predicted octanol–water partition coefficient (Wildman–Crippen LogP) is 2.65. The van der Waals surface area contributed by atoms with E-state index in [1.54, 1.807) is 0 Å². The van der Waals surface area contributed by atoms with Crippen LogP contribution in [0.3, 0.4) is 0 Å². The molecule has 1 aromatic rings. The van der Waals surface area contributed by atoms with Gasteiger partial charge in [-0.25, -0.2) is 4.79 Å². The standard InChI is InChI=1S/C12H13BrO4/c1-12(2)5-7-6(11(15)16-3)4-8(14)9(13)10(7)17-12/h4,14H,5H2,1-3H3. The van der Waals surface area contributed by atoms with E-state index in [1.165, 1.54) is 13.2 Å². The minimum Gasteiger partial charge on any atom is -0.507 e. The zero-order chi connectivity index (χ0) is 12.8. The summed E-state index contributed by atoms with van der Waals surface area (Å²) < 4.78 is 10.9. The molecule has 1 N–H and O–H groups in total. The van der Waals surface area contributed by atoms with Gasteiger partial charge in [0.05, 0.1) is 12.7 Å². The minimum absolute atomic E-state index is 0.0261. The Kier molecular flexibility index (Phi) is 2.81. The first-order valence-electron chi connectivity index (χ1n) is 5.17. The number of halogens is 1. The number of fused-ring (bicyclic) bond motifs is 1. The van der Waals surface area contributed by atoms with Gasteiger partial charge in [0, 0.05) is 12.0 Å². The quantitative estimate of drug-likeness (QED) is 0.810. The Labute approximate surface area is 108 Å². The summed E-state index contributed by atoms with van der Waals surface area (Å²) in [7, 11) is 1.31. The Morgan fingerprint density at radius 1 is 1.59 bits per heavy atom. The number of hydrogen-bond acceptors (Lipinski definition) is 4. The van der Waals surface area contributed by atoms with Crippen LogP contribution in [-0.4, -0.2) is 23.8 Å². The van der Waals surface area contributed by atoms with Gasteiger partial charge in [-0.15, -0.1) is 0 Å². The van der Waals surface area contributed by atoms with Crippen molar-refractivity contribution in [3.8, 4) is 11.5 Å². The highest BCUT2D eigenvalue weighted by Crippen LogP contribution is 2.46. The average Bonchev–Trinajstić information content (AvgIpc) is 2.58. The second kappa shape index (κ2) is 3.91. The molecule has 2 rings (SSSR count). The number of hydrogen-bond donors (Lipinski definition) is 1. The molecule has 1 aliphatic heterocycles. The Balaban J connectivity index is 2.63. The molecular weight excluding hydrogens is 288 g/mol. The zero-order valence-corrected chi connectivity index (χ0v) is 11.4. The van der Waals surface area contributed by atoms with Crippen molar-refractivity contribution in [3.05, 3.63) is 21.7 Å². The molecule has 1 heterocycles. The van der Waals surface area contributed by atoms with Gasteiger partial charge in [0.2, 0.25) is 0 Å². The number of methoxy groups -OCH3 is 1. The van der Waals surface area contributed by atoms with Gasteiger partial charge in [-0.3, -0.25) is 0 Å². The second-order valence-electron chi connectivity index (χ2n) is 4.60. The summed E-state index contributed by atoms with van der Waals surface area (Å²) in [6.45, 7) is 3.86. The lowest BCUT2D eigenvalue weighted by Gasteiger charge is -2.17. The molecule has 0 aromatic heterocycles. The number of phenolic OH excluding ortho intramolecular Hbond substituents is 1. The highest BCUT2D eigenvalue weighted by molar-refractivity contribution is 9.10. The van der Waals surface area contributed by atoms with E-state index in [1.807, 2.05) is 13.8 Å². The van der Waals surface area contributed by atoms with Crippen LogP contribution in [0.5, 0.6) is 11.5 Å². The third-order valence-corrected chi connectivity index (χ3v) is 3.46. The van der Waals surface area contributed by atoms with Gasteiger partial charge in [-0.2, -0.15) is 0 Å². The predicted molar refractivity (Wildman–Crippen MR) is 65.6 cm³/mol. The van der Waals surface area contributed by atoms with Crippen molar-refractivity contribution in [2.75, 3.05) is 7.11 Å². The third kappa shape index (κ3) is 1.99. The summed E-state index contributed by atoms with van der Waals surface area (Å²) in [6.07, 6.45) is 0.603. The van der Waals surface area contributed by atoms with Crippen molar-refractivity contribution in [2.24, 2.45) is 0 Å². The minimum atomic E-state index is -0.467.